The Morgan fingerprint density at radius 3 is 2.29 bits per heavy atom. The van der Waals surface area contributed by atoms with Crippen LogP contribution in [0, 0.1) is 12.7 Å². The molecule has 0 spiro atoms. The number of rotatable bonds is 14. The van der Waals surface area contributed by atoms with Crippen LogP contribution in [0.5, 0.6) is 5.75 Å². The maximum atomic E-state index is 13.9. The van der Waals surface area contributed by atoms with Gasteiger partial charge in [-0.3, -0.25) is 19.2 Å². The standard InChI is InChI=1S/C34H38ClFN4O5/c1-23-3-8-26(29(35)19-23)15-17-39-22-33(43)40(18-14-24-4-9-27(36)10-5-24)30(34(39)44)20-32(42)38(21-31(37)41)16-13-25-6-11-28(45-2)12-7-25/h3-12,19,30H,13-18,20-22H2,1-2H3,(H2,37,41). The summed E-state index contributed by atoms with van der Waals surface area (Å²) < 4.78 is 18.6. The third kappa shape index (κ3) is 9.28. The van der Waals surface area contributed by atoms with Crippen LogP contribution in [-0.4, -0.2) is 84.2 Å². The molecule has 4 rings (SSSR count). The number of hydrogen-bond donors (Lipinski definition) is 1. The lowest BCUT2D eigenvalue weighted by Crippen LogP contribution is -2.61. The smallest absolute Gasteiger partial charge is 0.246 e. The zero-order chi connectivity index (χ0) is 32.5. The highest BCUT2D eigenvalue weighted by atomic mass is 35.5. The molecule has 3 aromatic carbocycles. The number of methoxy groups -OCH3 is 1. The lowest BCUT2D eigenvalue weighted by Gasteiger charge is -2.41. The Balaban J connectivity index is 1.52. The number of carbonyl (C=O) groups excluding carboxylic acids is 4. The largest absolute Gasteiger partial charge is 0.497 e. The summed E-state index contributed by atoms with van der Waals surface area (Å²) in [7, 11) is 1.57. The SMILES string of the molecule is COc1ccc(CCN(CC(N)=O)C(=O)CC2C(=O)N(CCc3ccc(C)cc3Cl)CC(=O)N2CCc2ccc(F)cc2)cc1. The second-order valence-electron chi connectivity index (χ2n) is 11.2. The molecule has 1 fully saturated rings. The minimum atomic E-state index is -1.08. The summed E-state index contributed by atoms with van der Waals surface area (Å²) in [5.41, 5.74) is 9.05. The number of halogens is 2. The molecule has 0 bridgehead atoms. The molecule has 0 saturated carbocycles. The molecule has 1 unspecified atom stereocenters. The Labute approximate surface area is 267 Å². The van der Waals surface area contributed by atoms with Crippen molar-refractivity contribution < 1.29 is 28.3 Å². The highest BCUT2D eigenvalue weighted by Gasteiger charge is 2.40. The van der Waals surface area contributed by atoms with Crippen molar-refractivity contribution in [3.8, 4) is 5.75 Å². The third-order valence-electron chi connectivity index (χ3n) is 7.93. The number of nitrogens with zero attached hydrogens (tertiary/aromatic N) is 3. The van der Waals surface area contributed by atoms with Crippen LogP contribution in [0.4, 0.5) is 4.39 Å². The monoisotopic (exact) mass is 636 g/mol. The summed E-state index contributed by atoms with van der Waals surface area (Å²) in [6.45, 7) is 2.06. The van der Waals surface area contributed by atoms with E-state index in [2.05, 4.69) is 0 Å². The van der Waals surface area contributed by atoms with Gasteiger partial charge in [0.2, 0.25) is 23.6 Å². The predicted octanol–water partition coefficient (Wildman–Crippen LogP) is 3.57. The summed E-state index contributed by atoms with van der Waals surface area (Å²) in [6, 6.07) is 17.9. The van der Waals surface area contributed by atoms with Crippen LogP contribution in [0.25, 0.3) is 0 Å². The van der Waals surface area contributed by atoms with Gasteiger partial charge in [-0.25, -0.2) is 4.39 Å². The van der Waals surface area contributed by atoms with Crippen LogP contribution in [0.2, 0.25) is 5.02 Å². The molecule has 1 saturated heterocycles. The molecule has 4 amide bonds. The fraction of sp³-hybridized carbons (Fsp3) is 0.353. The highest BCUT2D eigenvalue weighted by Crippen LogP contribution is 2.22. The fourth-order valence-electron chi connectivity index (χ4n) is 5.36. The Morgan fingerprint density at radius 1 is 0.978 bits per heavy atom. The molecule has 238 valence electrons. The molecule has 1 heterocycles. The van der Waals surface area contributed by atoms with Crippen molar-refractivity contribution in [2.75, 3.05) is 39.8 Å². The van der Waals surface area contributed by atoms with Gasteiger partial charge in [0, 0.05) is 24.7 Å². The number of ether oxygens (including phenoxy) is 1. The lowest BCUT2D eigenvalue weighted by atomic mass is 10.0. The van der Waals surface area contributed by atoms with Gasteiger partial charge >= 0.3 is 0 Å². The van der Waals surface area contributed by atoms with Gasteiger partial charge in [-0.2, -0.15) is 0 Å². The number of nitrogens with two attached hydrogens (primary N) is 1. The molecular weight excluding hydrogens is 599 g/mol. The number of hydrogen-bond acceptors (Lipinski definition) is 5. The average Bonchev–Trinajstić information content (AvgIpc) is 3.01. The van der Waals surface area contributed by atoms with E-state index >= 15 is 0 Å². The molecule has 0 aliphatic carbocycles. The Morgan fingerprint density at radius 2 is 1.64 bits per heavy atom. The van der Waals surface area contributed by atoms with E-state index in [1.54, 1.807) is 31.4 Å². The molecule has 0 aromatic heterocycles. The van der Waals surface area contributed by atoms with Gasteiger partial charge < -0.3 is 25.2 Å². The fourth-order valence-corrected chi connectivity index (χ4v) is 5.69. The third-order valence-corrected chi connectivity index (χ3v) is 8.28. The van der Waals surface area contributed by atoms with Gasteiger partial charge in [0.1, 0.15) is 17.6 Å². The zero-order valence-electron chi connectivity index (χ0n) is 25.5. The molecule has 11 heteroatoms. The molecule has 0 radical (unpaired) electrons. The van der Waals surface area contributed by atoms with Gasteiger partial charge in [-0.1, -0.05) is 48.0 Å². The van der Waals surface area contributed by atoms with Crippen LogP contribution >= 0.6 is 11.6 Å². The first kappa shape index (κ1) is 33.5. The van der Waals surface area contributed by atoms with E-state index in [0.717, 1.165) is 22.3 Å². The number of primary amides is 1. The molecule has 1 aliphatic heterocycles. The van der Waals surface area contributed by atoms with Crippen molar-refractivity contribution >= 4 is 35.2 Å². The topological polar surface area (TPSA) is 113 Å². The molecular formula is C34H38ClFN4O5. The summed E-state index contributed by atoms with van der Waals surface area (Å²) in [5, 5.41) is 0.581. The Kier molecular flexibility index (Phi) is 11.5. The van der Waals surface area contributed by atoms with E-state index in [-0.39, 0.29) is 56.8 Å². The summed E-state index contributed by atoms with van der Waals surface area (Å²) >= 11 is 6.41. The maximum Gasteiger partial charge on any atom is 0.246 e. The summed E-state index contributed by atoms with van der Waals surface area (Å²) in [4.78, 5) is 57.2. The first-order valence-electron chi connectivity index (χ1n) is 14.8. The van der Waals surface area contributed by atoms with Crippen molar-refractivity contribution in [3.63, 3.8) is 0 Å². The van der Waals surface area contributed by atoms with Gasteiger partial charge in [-0.15, -0.1) is 0 Å². The van der Waals surface area contributed by atoms with Crippen LogP contribution < -0.4 is 10.5 Å². The number of aryl methyl sites for hydroxylation is 1. The van der Waals surface area contributed by atoms with E-state index in [1.165, 1.54) is 26.8 Å². The molecule has 45 heavy (non-hydrogen) atoms. The summed E-state index contributed by atoms with van der Waals surface area (Å²) in [6.07, 6.45) is 0.930. The minimum Gasteiger partial charge on any atom is -0.497 e. The van der Waals surface area contributed by atoms with Gasteiger partial charge in [-0.05, 0) is 78.8 Å². The quantitative estimate of drug-likeness (QED) is 0.291. The van der Waals surface area contributed by atoms with E-state index in [4.69, 9.17) is 22.1 Å². The Bertz CT molecular complexity index is 1520. The number of piperazine rings is 1. The highest BCUT2D eigenvalue weighted by molar-refractivity contribution is 6.31. The predicted molar refractivity (Wildman–Crippen MR) is 169 cm³/mol. The van der Waals surface area contributed by atoms with E-state index in [9.17, 15) is 23.6 Å². The van der Waals surface area contributed by atoms with Crippen molar-refractivity contribution in [2.45, 2.75) is 38.6 Å². The first-order chi connectivity index (χ1) is 21.5. The summed E-state index contributed by atoms with van der Waals surface area (Å²) in [5.74, 6) is -1.50. The van der Waals surface area contributed by atoms with E-state index in [0.29, 0.717) is 30.0 Å². The van der Waals surface area contributed by atoms with Crippen molar-refractivity contribution in [1.82, 2.24) is 14.7 Å². The van der Waals surface area contributed by atoms with Crippen molar-refractivity contribution in [3.05, 3.63) is 99.8 Å². The molecule has 1 aliphatic rings. The molecule has 9 nitrogen and oxygen atoms in total. The van der Waals surface area contributed by atoms with Gasteiger partial charge in [0.15, 0.2) is 0 Å². The lowest BCUT2D eigenvalue weighted by molar-refractivity contribution is -0.158. The zero-order valence-corrected chi connectivity index (χ0v) is 26.3. The Hall–Kier alpha value is -4.44. The van der Waals surface area contributed by atoms with Crippen molar-refractivity contribution in [1.29, 1.82) is 0 Å². The van der Waals surface area contributed by atoms with Gasteiger partial charge in [0.05, 0.1) is 26.6 Å². The molecule has 1 atom stereocenters. The van der Waals surface area contributed by atoms with E-state index in [1.807, 2.05) is 37.3 Å². The second-order valence-corrected chi connectivity index (χ2v) is 11.6. The van der Waals surface area contributed by atoms with E-state index < -0.39 is 17.9 Å². The first-order valence-corrected chi connectivity index (χ1v) is 15.2. The van der Waals surface area contributed by atoms with Crippen LogP contribution in [0.15, 0.2) is 66.7 Å². The normalized spacial score (nSPS) is 14.9. The number of carbonyl (C=O) groups is 4. The second kappa shape index (κ2) is 15.5. The maximum absolute atomic E-state index is 13.9. The number of amides is 4. The van der Waals surface area contributed by atoms with Crippen LogP contribution in [-0.2, 0) is 38.4 Å². The number of benzene rings is 3. The molecule has 3 aromatic rings. The van der Waals surface area contributed by atoms with Gasteiger partial charge in [0.25, 0.3) is 0 Å². The van der Waals surface area contributed by atoms with Crippen LogP contribution in [0.3, 0.4) is 0 Å². The minimum absolute atomic E-state index is 0.140. The average molecular weight is 637 g/mol. The molecule has 2 N–H and O–H groups in total. The van der Waals surface area contributed by atoms with Crippen molar-refractivity contribution in [2.24, 2.45) is 5.73 Å². The van der Waals surface area contributed by atoms with Crippen LogP contribution in [0.1, 0.15) is 28.7 Å².